The summed E-state index contributed by atoms with van der Waals surface area (Å²) in [5.74, 6) is 0.909. The standard InChI is InChI=1S/C7H10N2/c1-3-6-5-8-7(4-2)9-6/h3-4H2,1-2H3. The second-order valence-electron chi connectivity index (χ2n) is 1.91. The Morgan fingerprint density at radius 3 is 2.44 bits per heavy atom. The summed E-state index contributed by atoms with van der Waals surface area (Å²) >= 11 is 0. The quantitative estimate of drug-likeness (QED) is 0.530. The molecule has 1 rings (SSSR count). The minimum absolute atomic E-state index is 0.909. The highest BCUT2D eigenvalue weighted by Crippen LogP contribution is 2.07. The van der Waals surface area contributed by atoms with Crippen LogP contribution >= 0.6 is 0 Å². The Morgan fingerprint density at radius 2 is 2.11 bits per heavy atom. The summed E-state index contributed by atoms with van der Waals surface area (Å²) in [4.78, 5) is 4.18. The van der Waals surface area contributed by atoms with Gasteiger partial charge in [0.15, 0.2) is 0 Å². The van der Waals surface area contributed by atoms with Gasteiger partial charge in [0, 0.05) is 6.42 Å². The average Bonchev–Trinajstić information content (AvgIpc) is 2.34. The largest absolute Gasteiger partial charge is 0.236 e. The first-order chi connectivity index (χ1) is 4.36. The van der Waals surface area contributed by atoms with Crippen LogP contribution in [0.3, 0.4) is 0 Å². The van der Waals surface area contributed by atoms with Gasteiger partial charge in [-0.1, -0.05) is 13.8 Å². The third kappa shape index (κ3) is 1.31. The molecular weight excluding hydrogens is 112 g/mol. The molecule has 0 aromatic heterocycles. The molecule has 48 valence electrons. The Bertz CT molecular complexity index is 156. The fraction of sp³-hybridized carbons (Fsp3) is 0.571. The van der Waals surface area contributed by atoms with Crippen LogP contribution in [0.4, 0.5) is 0 Å². The highest BCUT2D eigenvalue weighted by atomic mass is 15.0. The summed E-state index contributed by atoms with van der Waals surface area (Å²) in [6.07, 6.45) is 4.70. The van der Waals surface area contributed by atoms with E-state index in [0.717, 1.165) is 24.4 Å². The van der Waals surface area contributed by atoms with Gasteiger partial charge in [-0.3, -0.25) is 0 Å². The van der Waals surface area contributed by atoms with E-state index >= 15 is 0 Å². The molecule has 0 saturated carbocycles. The zero-order valence-corrected chi connectivity index (χ0v) is 5.81. The summed E-state index contributed by atoms with van der Waals surface area (Å²) in [5, 5.41) is 3.97. The first-order valence-electron chi connectivity index (χ1n) is 3.27. The van der Waals surface area contributed by atoms with Crippen LogP contribution in [0, 0.1) is 6.20 Å². The Kier molecular flexibility index (Phi) is 1.88. The predicted molar refractivity (Wildman–Crippen MR) is 36.9 cm³/mol. The summed E-state index contributed by atoms with van der Waals surface area (Å²) in [6, 6.07) is 0. The van der Waals surface area contributed by atoms with Gasteiger partial charge < -0.3 is 0 Å². The number of rotatable bonds is 2. The number of amidine groups is 1. The van der Waals surface area contributed by atoms with Gasteiger partial charge in [-0.25, -0.2) is 10.3 Å². The van der Waals surface area contributed by atoms with Gasteiger partial charge >= 0.3 is 0 Å². The molecule has 0 amide bonds. The van der Waals surface area contributed by atoms with Gasteiger partial charge in [0.2, 0.25) is 0 Å². The molecule has 2 nitrogen and oxygen atoms in total. The Labute approximate surface area is 55.7 Å². The van der Waals surface area contributed by atoms with E-state index in [0.29, 0.717) is 0 Å². The molecule has 2 heteroatoms. The zero-order chi connectivity index (χ0) is 6.69. The monoisotopic (exact) mass is 122 g/mol. The average molecular weight is 122 g/mol. The second kappa shape index (κ2) is 2.67. The van der Waals surface area contributed by atoms with Crippen LogP contribution in [-0.2, 0) is 0 Å². The topological polar surface area (TPSA) is 26.5 Å². The Hall–Kier alpha value is -0.790. The molecular formula is C7H10N2. The van der Waals surface area contributed by atoms with Crippen LogP contribution in [0.1, 0.15) is 26.7 Å². The van der Waals surface area contributed by atoms with E-state index in [4.69, 9.17) is 0 Å². The highest BCUT2D eigenvalue weighted by Gasteiger charge is 2.05. The summed E-state index contributed by atoms with van der Waals surface area (Å²) in [6.45, 7) is 4.10. The molecule has 0 bridgehead atoms. The molecule has 0 fully saturated rings. The van der Waals surface area contributed by atoms with E-state index in [1.807, 2.05) is 6.92 Å². The van der Waals surface area contributed by atoms with E-state index in [1.165, 1.54) is 0 Å². The number of nitrogens with zero attached hydrogens (tertiary/aromatic N) is 2. The Morgan fingerprint density at radius 1 is 1.33 bits per heavy atom. The first-order valence-corrected chi connectivity index (χ1v) is 3.27. The highest BCUT2D eigenvalue weighted by molar-refractivity contribution is 5.84. The molecule has 0 aromatic rings. The van der Waals surface area contributed by atoms with Crippen molar-refractivity contribution in [3.8, 4) is 0 Å². The van der Waals surface area contributed by atoms with E-state index in [2.05, 4.69) is 23.4 Å². The molecule has 0 saturated heterocycles. The molecule has 0 aliphatic carbocycles. The lowest BCUT2D eigenvalue weighted by molar-refractivity contribution is 1.06. The number of allylic oxidation sites excluding steroid dienone is 1. The molecule has 0 N–H and O–H groups in total. The number of hydrogen-bond acceptors (Lipinski definition) is 1. The first kappa shape index (κ1) is 6.33. The molecule has 1 heterocycles. The van der Waals surface area contributed by atoms with Crippen LogP contribution in [0.25, 0.3) is 0 Å². The van der Waals surface area contributed by atoms with Crippen molar-refractivity contribution >= 4 is 5.84 Å². The molecule has 0 spiro atoms. The van der Waals surface area contributed by atoms with E-state index in [1.54, 1.807) is 0 Å². The normalized spacial score (nSPS) is 16.7. The molecule has 0 atom stereocenters. The fourth-order valence-electron chi connectivity index (χ4n) is 0.651. The molecule has 0 aromatic carbocycles. The van der Waals surface area contributed by atoms with Gasteiger partial charge in [-0.05, 0) is 6.42 Å². The molecule has 1 aliphatic heterocycles. The molecule has 2 radical (unpaired) electrons. The third-order valence-corrected chi connectivity index (χ3v) is 1.23. The van der Waals surface area contributed by atoms with Crippen LogP contribution in [0.2, 0.25) is 0 Å². The van der Waals surface area contributed by atoms with Crippen molar-refractivity contribution in [3.63, 3.8) is 0 Å². The maximum Gasteiger partial charge on any atom is 0.129 e. The number of hydrogen-bond donors (Lipinski definition) is 0. The van der Waals surface area contributed by atoms with Crippen molar-refractivity contribution in [2.45, 2.75) is 26.7 Å². The molecule has 1 aliphatic rings. The van der Waals surface area contributed by atoms with Crippen LogP contribution in [0.15, 0.2) is 10.7 Å². The third-order valence-electron chi connectivity index (χ3n) is 1.23. The lowest BCUT2D eigenvalue weighted by Gasteiger charge is -1.87. The maximum atomic E-state index is 4.18. The smallest absolute Gasteiger partial charge is 0.129 e. The van der Waals surface area contributed by atoms with Crippen molar-refractivity contribution < 1.29 is 0 Å². The van der Waals surface area contributed by atoms with Crippen molar-refractivity contribution in [2.75, 3.05) is 0 Å². The van der Waals surface area contributed by atoms with E-state index < -0.39 is 0 Å². The SMILES string of the molecule is CCC1=[C][N]C(CC)=N1. The number of aliphatic imine (C=N–C) groups is 1. The van der Waals surface area contributed by atoms with Crippen LogP contribution < -0.4 is 5.32 Å². The minimum atomic E-state index is 0.909. The summed E-state index contributed by atoms with van der Waals surface area (Å²) in [7, 11) is 0. The minimum Gasteiger partial charge on any atom is -0.236 e. The van der Waals surface area contributed by atoms with Crippen molar-refractivity contribution in [2.24, 2.45) is 4.99 Å². The van der Waals surface area contributed by atoms with Crippen molar-refractivity contribution in [1.29, 1.82) is 0 Å². The van der Waals surface area contributed by atoms with Crippen LogP contribution in [-0.4, -0.2) is 5.84 Å². The fourth-order valence-corrected chi connectivity index (χ4v) is 0.651. The Balaban J connectivity index is 2.52. The van der Waals surface area contributed by atoms with Gasteiger partial charge in [-0.2, -0.15) is 0 Å². The lowest BCUT2D eigenvalue weighted by atomic mass is 10.4. The van der Waals surface area contributed by atoms with Gasteiger partial charge in [0.1, 0.15) is 12.0 Å². The molecule has 9 heavy (non-hydrogen) atoms. The van der Waals surface area contributed by atoms with Gasteiger partial charge in [0.25, 0.3) is 0 Å². The maximum absolute atomic E-state index is 4.18. The molecule has 0 unspecified atom stereocenters. The van der Waals surface area contributed by atoms with Gasteiger partial charge in [-0.15, -0.1) is 0 Å². The summed E-state index contributed by atoms with van der Waals surface area (Å²) in [5.41, 5.74) is 0.979. The van der Waals surface area contributed by atoms with E-state index in [-0.39, 0.29) is 0 Å². The van der Waals surface area contributed by atoms with Gasteiger partial charge in [0.05, 0.1) is 5.70 Å². The van der Waals surface area contributed by atoms with Crippen molar-refractivity contribution in [1.82, 2.24) is 5.32 Å². The van der Waals surface area contributed by atoms with E-state index in [9.17, 15) is 0 Å². The lowest BCUT2D eigenvalue weighted by Crippen LogP contribution is -2.02. The van der Waals surface area contributed by atoms with Crippen molar-refractivity contribution in [3.05, 3.63) is 11.9 Å². The predicted octanol–water partition coefficient (Wildman–Crippen LogP) is 1.47. The zero-order valence-electron chi connectivity index (χ0n) is 5.81. The van der Waals surface area contributed by atoms with Crippen LogP contribution in [0.5, 0.6) is 0 Å². The second-order valence-corrected chi connectivity index (χ2v) is 1.91. The summed E-state index contributed by atoms with van der Waals surface area (Å²) < 4.78 is 0.